The molecule has 1 heterocycles. The van der Waals surface area contributed by atoms with Crippen LogP contribution in [0.25, 0.3) is 11.4 Å². The molecule has 0 amide bonds. The molecule has 0 saturated heterocycles. The number of hydrogen-bond donors (Lipinski definition) is 0. The molecular formula is C26H31F3N2O2. The van der Waals surface area contributed by atoms with E-state index >= 15 is 0 Å². The van der Waals surface area contributed by atoms with Crippen LogP contribution in [0.1, 0.15) is 75.0 Å². The van der Waals surface area contributed by atoms with E-state index in [0.717, 1.165) is 43.1 Å². The maximum atomic E-state index is 13.8. The molecule has 0 aliphatic heterocycles. The van der Waals surface area contributed by atoms with Gasteiger partial charge in [-0.25, -0.2) is 0 Å². The molecule has 3 rings (SSSR count). The van der Waals surface area contributed by atoms with E-state index in [1.807, 2.05) is 38.1 Å². The largest absolute Gasteiger partial charge is 0.494 e. The minimum Gasteiger partial charge on any atom is -0.494 e. The van der Waals surface area contributed by atoms with Gasteiger partial charge in [0.2, 0.25) is 11.7 Å². The summed E-state index contributed by atoms with van der Waals surface area (Å²) < 4.78 is 52.4. The van der Waals surface area contributed by atoms with Crippen LogP contribution in [0.3, 0.4) is 0 Å². The molecule has 0 N–H and O–H groups in total. The molecule has 4 nitrogen and oxygen atoms in total. The summed E-state index contributed by atoms with van der Waals surface area (Å²) in [6.45, 7) is 6.76. The number of unbranched alkanes of at least 4 members (excludes halogenated alkanes) is 1. The smallest absolute Gasteiger partial charge is 0.416 e. The topological polar surface area (TPSA) is 48.2 Å². The van der Waals surface area contributed by atoms with Crippen LogP contribution in [0.2, 0.25) is 0 Å². The summed E-state index contributed by atoms with van der Waals surface area (Å²) in [5.74, 6) is 1.49. The van der Waals surface area contributed by atoms with Gasteiger partial charge in [-0.1, -0.05) is 63.0 Å². The molecule has 178 valence electrons. The first kappa shape index (κ1) is 24.8. The zero-order chi connectivity index (χ0) is 23.8. The van der Waals surface area contributed by atoms with Gasteiger partial charge < -0.3 is 9.26 Å². The third-order valence-corrected chi connectivity index (χ3v) is 5.61. The van der Waals surface area contributed by atoms with Crippen LogP contribution in [-0.4, -0.2) is 16.7 Å². The predicted octanol–water partition coefficient (Wildman–Crippen LogP) is 7.62. The van der Waals surface area contributed by atoms with E-state index in [1.54, 1.807) is 6.07 Å². The lowest BCUT2D eigenvalue weighted by atomic mass is 9.97. The van der Waals surface area contributed by atoms with Gasteiger partial charge in [-0.3, -0.25) is 0 Å². The minimum atomic E-state index is -4.47. The van der Waals surface area contributed by atoms with Crippen LogP contribution in [0, 0.1) is 0 Å². The monoisotopic (exact) mass is 460 g/mol. The lowest BCUT2D eigenvalue weighted by Gasteiger charge is -2.14. The lowest BCUT2D eigenvalue weighted by molar-refractivity contribution is -0.138. The maximum absolute atomic E-state index is 13.8. The fourth-order valence-corrected chi connectivity index (χ4v) is 3.64. The van der Waals surface area contributed by atoms with Crippen molar-refractivity contribution in [1.29, 1.82) is 0 Å². The van der Waals surface area contributed by atoms with Crippen molar-refractivity contribution in [2.75, 3.05) is 6.61 Å². The first-order valence-electron chi connectivity index (χ1n) is 11.6. The van der Waals surface area contributed by atoms with Crippen molar-refractivity contribution in [3.8, 4) is 17.1 Å². The number of halogens is 3. The van der Waals surface area contributed by atoms with Crippen LogP contribution in [0.4, 0.5) is 13.2 Å². The highest BCUT2D eigenvalue weighted by Crippen LogP contribution is 2.35. The molecule has 0 aliphatic carbocycles. The van der Waals surface area contributed by atoms with Gasteiger partial charge >= 0.3 is 6.18 Å². The Hall–Kier alpha value is -2.83. The number of nitrogens with zero attached hydrogens (tertiary/aromatic N) is 2. The second kappa shape index (κ2) is 11.3. The van der Waals surface area contributed by atoms with Crippen LogP contribution < -0.4 is 4.74 Å². The summed E-state index contributed by atoms with van der Waals surface area (Å²) in [7, 11) is 0. The quantitative estimate of drug-likeness (QED) is 0.295. The van der Waals surface area contributed by atoms with Crippen molar-refractivity contribution in [1.82, 2.24) is 10.1 Å². The fourth-order valence-electron chi connectivity index (χ4n) is 3.64. The Morgan fingerprint density at radius 3 is 2.42 bits per heavy atom. The number of ether oxygens (including phenoxy) is 1. The summed E-state index contributed by atoms with van der Waals surface area (Å²) in [5.41, 5.74) is 0.854. The molecule has 0 saturated carbocycles. The number of aromatic nitrogens is 2. The molecule has 0 unspecified atom stereocenters. The van der Waals surface area contributed by atoms with Gasteiger partial charge in [-0.2, -0.15) is 18.2 Å². The fraction of sp³-hybridized carbons (Fsp3) is 0.462. The maximum Gasteiger partial charge on any atom is 0.416 e. The predicted molar refractivity (Wildman–Crippen MR) is 122 cm³/mol. The van der Waals surface area contributed by atoms with E-state index in [-0.39, 0.29) is 23.7 Å². The Balaban J connectivity index is 1.75. The van der Waals surface area contributed by atoms with Crippen molar-refractivity contribution >= 4 is 0 Å². The van der Waals surface area contributed by atoms with Gasteiger partial charge in [-0.15, -0.1) is 0 Å². The normalized spacial score (nSPS) is 12.7. The van der Waals surface area contributed by atoms with Crippen molar-refractivity contribution < 1.29 is 22.4 Å². The highest BCUT2D eigenvalue weighted by molar-refractivity contribution is 5.57. The van der Waals surface area contributed by atoms with Crippen LogP contribution in [-0.2, 0) is 19.0 Å². The zero-order valence-corrected chi connectivity index (χ0v) is 19.4. The van der Waals surface area contributed by atoms with Gasteiger partial charge in [0.25, 0.3) is 0 Å². The average molecular weight is 461 g/mol. The highest BCUT2D eigenvalue weighted by atomic mass is 19.4. The summed E-state index contributed by atoms with van der Waals surface area (Å²) >= 11 is 0. The molecule has 3 aromatic rings. The number of alkyl halides is 3. The number of hydrogen-bond acceptors (Lipinski definition) is 4. The molecule has 0 fully saturated rings. The van der Waals surface area contributed by atoms with Gasteiger partial charge in [0.15, 0.2) is 0 Å². The van der Waals surface area contributed by atoms with Crippen LogP contribution >= 0.6 is 0 Å². The molecular weight excluding hydrogens is 429 g/mol. The Bertz CT molecular complexity index is 1010. The van der Waals surface area contributed by atoms with Crippen molar-refractivity contribution in [3.05, 3.63) is 65.0 Å². The van der Waals surface area contributed by atoms with Crippen molar-refractivity contribution in [2.45, 2.75) is 71.4 Å². The Morgan fingerprint density at radius 2 is 1.76 bits per heavy atom. The van der Waals surface area contributed by atoms with Gasteiger partial charge in [0.1, 0.15) is 5.75 Å². The average Bonchev–Trinajstić information content (AvgIpc) is 3.30. The second-order valence-corrected chi connectivity index (χ2v) is 8.36. The van der Waals surface area contributed by atoms with Crippen LogP contribution in [0.5, 0.6) is 5.75 Å². The van der Waals surface area contributed by atoms with E-state index in [0.29, 0.717) is 24.5 Å². The second-order valence-electron chi connectivity index (χ2n) is 8.36. The summed E-state index contributed by atoms with van der Waals surface area (Å²) in [6.07, 6.45) is 0.203. The summed E-state index contributed by atoms with van der Waals surface area (Å²) in [6, 6.07) is 11.8. The highest BCUT2D eigenvalue weighted by Gasteiger charge is 2.34. The Labute approximate surface area is 193 Å². The molecule has 0 spiro atoms. The standard InChI is InChI=1S/C26H31F3N2O2/c1-4-6-7-18(3)25-30-24(31-33-25)21-13-12-20(23(17-21)26(27,28)29)11-8-19-9-14-22(15-10-19)32-16-5-2/h9-10,12-15,17-18H,4-8,11,16H2,1-3H3/t18-/m0/s1. The van der Waals surface area contributed by atoms with E-state index in [2.05, 4.69) is 17.1 Å². The molecule has 0 bridgehead atoms. The minimum absolute atomic E-state index is 0.0753. The molecule has 2 aromatic carbocycles. The SMILES string of the molecule is CCCC[C@H](C)c1nc(-c2ccc(CCc3ccc(OCCC)cc3)c(C(F)(F)F)c2)no1. The molecule has 33 heavy (non-hydrogen) atoms. The number of rotatable bonds is 11. The number of aryl methyl sites for hydroxylation is 2. The Morgan fingerprint density at radius 1 is 1.00 bits per heavy atom. The van der Waals surface area contributed by atoms with Gasteiger partial charge in [0.05, 0.1) is 12.2 Å². The van der Waals surface area contributed by atoms with Gasteiger partial charge in [-0.05, 0) is 55.0 Å². The van der Waals surface area contributed by atoms with E-state index in [9.17, 15) is 13.2 Å². The van der Waals surface area contributed by atoms with Gasteiger partial charge in [0, 0.05) is 11.5 Å². The lowest BCUT2D eigenvalue weighted by Crippen LogP contribution is -2.10. The van der Waals surface area contributed by atoms with Crippen molar-refractivity contribution in [2.24, 2.45) is 0 Å². The molecule has 1 atom stereocenters. The van der Waals surface area contributed by atoms with Crippen molar-refractivity contribution in [3.63, 3.8) is 0 Å². The Kier molecular flexibility index (Phi) is 8.53. The molecule has 0 aliphatic rings. The zero-order valence-electron chi connectivity index (χ0n) is 19.4. The first-order valence-corrected chi connectivity index (χ1v) is 11.6. The first-order chi connectivity index (χ1) is 15.8. The molecule has 1 aromatic heterocycles. The summed E-state index contributed by atoms with van der Waals surface area (Å²) in [5, 5.41) is 3.93. The van der Waals surface area contributed by atoms with E-state index in [4.69, 9.17) is 9.26 Å². The number of benzene rings is 2. The van der Waals surface area contributed by atoms with Crippen LogP contribution in [0.15, 0.2) is 47.0 Å². The third-order valence-electron chi connectivity index (χ3n) is 5.61. The molecule has 7 heteroatoms. The summed E-state index contributed by atoms with van der Waals surface area (Å²) in [4.78, 5) is 4.35. The third kappa shape index (κ3) is 6.83. The van der Waals surface area contributed by atoms with E-state index < -0.39 is 11.7 Å². The molecule has 0 radical (unpaired) electrons. The van der Waals surface area contributed by atoms with E-state index in [1.165, 1.54) is 6.07 Å².